The van der Waals surface area contributed by atoms with Gasteiger partial charge in [-0.05, 0) is 31.7 Å². The van der Waals surface area contributed by atoms with E-state index in [2.05, 4.69) is 10.3 Å². The summed E-state index contributed by atoms with van der Waals surface area (Å²) in [7, 11) is 1.84. The molecule has 0 saturated heterocycles. The van der Waals surface area contributed by atoms with Crippen molar-refractivity contribution in [2.45, 2.75) is 51.2 Å². The van der Waals surface area contributed by atoms with E-state index in [9.17, 15) is 13.2 Å². The van der Waals surface area contributed by atoms with E-state index in [1.165, 1.54) is 0 Å². The molecule has 0 spiro atoms. The Morgan fingerprint density at radius 2 is 2.10 bits per heavy atom. The van der Waals surface area contributed by atoms with Gasteiger partial charge in [-0.15, -0.1) is 0 Å². The second-order valence-corrected chi connectivity index (χ2v) is 5.92. The molecule has 0 aromatic carbocycles. The highest BCUT2D eigenvalue weighted by Gasteiger charge is 2.48. The van der Waals surface area contributed by atoms with Crippen LogP contribution in [-0.4, -0.2) is 22.3 Å². The largest absolute Gasteiger partial charge is 0.392 e. The molecule has 2 rings (SSSR count). The van der Waals surface area contributed by atoms with Gasteiger partial charge < -0.3 is 9.88 Å². The molecule has 0 aliphatic heterocycles. The van der Waals surface area contributed by atoms with Crippen LogP contribution in [0.25, 0.3) is 0 Å². The van der Waals surface area contributed by atoms with Crippen LogP contribution in [0.15, 0.2) is 12.4 Å². The summed E-state index contributed by atoms with van der Waals surface area (Å²) in [6, 6.07) is -0.322. The molecule has 1 fully saturated rings. The first-order chi connectivity index (χ1) is 9.95. The van der Waals surface area contributed by atoms with Crippen LogP contribution in [0.2, 0.25) is 0 Å². The molecule has 1 saturated carbocycles. The van der Waals surface area contributed by atoms with Crippen LogP contribution in [0, 0.1) is 11.8 Å². The lowest BCUT2D eigenvalue weighted by molar-refractivity contribution is -0.200. The minimum Gasteiger partial charge on any atom is -0.337 e. The molecule has 3 atom stereocenters. The number of halogens is 3. The molecule has 0 radical (unpaired) electrons. The van der Waals surface area contributed by atoms with Gasteiger partial charge in [-0.2, -0.15) is 13.2 Å². The molecule has 0 amide bonds. The number of imidazole rings is 1. The van der Waals surface area contributed by atoms with E-state index in [0.29, 0.717) is 25.2 Å². The van der Waals surface area contributed by atoms with Gasteiger partial charge >= 0.3 is 6.18 Å². The summed E-state index contributed by atoms with van der Waals surface area (Å²) >= 11 is 0. The molecule has 1 aromatic heterocycles. The van der Waals surface area contributed by atoms with Crippen molar-refractivity contribution in [2.24, 2.45) is 18.9 Å². The van der Waals surface area contributed by atoms with Crippen LogP contribution < -0.4 is 5.32 Å². The minimum atomic E-state index is -4.12. The second kappa shape index (κ2) is 6.81. The fraction of sp³-hybridized carbons (Fsp3) is 0.800. The van der Waals surface area contributed by atoms with Crippen molar-refractivity contribution in [1.29, 1.82) is 0 Å². The van der Waals surface area contributed by atoms with E-state index >= 15 is 0 Å². The summed E-state index contributed by atoms with van der Waals surface area (Å²) in [6.07, 6.45) is 2.60. The van der Waals surface area contributed by atoms with E-state index in [4.69, 9.17) is 0 Å². The molecule has 6 heteroatoms. The molecule has 1 heterocycles. The molecule has 0 bridgehead atoms. The third kappa shape index (κ3) is 3.78. The predicted molar refractivity (Wildman–Crippen MR) is 75.7 cm³/mol. The summed E-state index contributed by atoms with van der Waals surface area (Å²) in [5, 5.41) is 3.30. The number of rotatable bonds is 5. The van der Waals surface area contributed by atoms with Crippen LogP contribution in [0.3, 0.4) is 0 Å². The van der Waals surface area contributed by atoms with Crippen molar-refractivity contribution < 1.29 is 13.2 Å². The summed E-state index contributed by atoms with van der Waals surface area (Å²) in [5.74, 6) is -0.937. The van der Waals surface area contributed by atoms with Crippen molar-refractivity contribution >= 4 is 0 Å². The first-order valence-corrected chi connectivity index (χ1v) is 7.72. The molecule has 1 aromatic rings. The predicted octanol–water partition coefficient (Wildman–Crippen LogP) is 3.83. The van der Waals surface area contributed by atoms with Crippen LogP contribution in [0.4, 0.5) is 13.2 Å². The number of aromatic nitrogens is 2. The molecule has 1 N–H and O–H groups in total. The van der Waals surface area contributed by atoms with Crippen molar-refractivity contribution in [3.8, 4) is 0 Å². The Balaban J connectivity index is 2.27. The lowest BCUT2D eigenvalue weighted by Gasteiger charge is -2.38. The highest BCUT2D eigenvalue weighted by atomic mass is 19.4. The van der Waals surface area contributed by atoms with E-state index in [1.54, 1.807) is 12.4 Å². The van der Waals surface area contributed by atoms with Gasteiger partial charge in [0.2, 0.25) is 0 Å². The Hall–Kier alpha value is -1.04. The Labute approximate surface area is 123 Å². The van der Waals surface area contributed by atoms with Crippen LogP contribution >= 0.6 is 0 Å². The number of hydrogen-bond donors (Lipinski definition) is 1. The van der Waals surface area contributed by atoms with Crippen molar-refractivity contribution in [2.75, 3.05) is 6.54 Å². The van der Waals surface area contributed by atoms with Gasteiger partial charge in [-0.3, -0.25) is 0 Å². The molecule has 1 aliphatic carbocycles. The number of aryl methyl sites for hydroxylation is 1. The highest BCUT2D eigenvalue weighted by molar-refractivity contribution is 5.04. The zero-order valence-electron chi connectivity index (χ0n) is 12.7. The topological polar surface area (TPSA) is 29.9 Å². The number of nitrogens with one attached hydrogen (secondary N) is 1. The smallest absolute Gasteiger partial charge is 0.337 e. The molecule has 3 unspecified atom stereocenters. The fourth-order valence-corrected chi connectivity index (χ4v) is 3.38. The molecule has 1 aliphatic rings. The van der Waals surface area contributed by atoms with Crippen molar-refractivity contribution in [1.82, 2.24) is 14.9 Å². The summed E-state index contributed by atoms with van der Waals surface area (Å²) in [6.45, 7) is 2.73. The van der Waals surface area contributed by atoms with E-state index < -0.39 is 18.0 Å². The number of hydrogen-bond acceptors (Lipinski definition) is 2. The van der Waals surface area contributed by atoms with Crippen LogP contribution in [-0.2, 0) is 7.05 Å². The van der Waals surface area contributed by atoms with Gasteiger partial charge in [-0.25, -0.2) is 4.98 Å². The molecular weight excluding hydrogens is 279 g/mol. The second-order valence-electron chi connectivity index (χ2n) is 5.92. The van der Waals surface area contributed by atoms with Gasteiger partial charge in [0, 0.05) is 19.4 Å². The maximum atomic E-state index is 13.4. The summed E-state index contributed by atoms with van der Waals surface area (Å²) in [4.78, 5) is 4.29. The van der Waals surface area contributed by atoms with Gasteiger partial charge in [0.15, 0.2) is 0 Å². The molecular formula is C15H24F3N3. The monoisotopic (exact) mass is 303 g/mol. The van der Waals surface area contributed by atoms with Crippen molar-refractivity contribution in [3.63, 3.8) is 0 Å². The van der Waals surface area contributed by atoms with E-state index in [0.717, 1.165) is 12.8 Å². The first kappa shape index (κ1) is 16.3. The van der Waals surface area contributed by atoms with Gasteiger partial charge in [0.1, 0.15) is 5.82 Å². The summed E-state index contributed by atoms with van der Waals surface area (Å²) < 4.78 is 41.9. The van der Waals surface area contributed by atoms with E-state index in [1.807, 2.05) is 18.5 Å². The zero-order chi connectivity index (χ0) is 15.5. The third-order valence-electron chi connectivity index (χ3n) is 4.42. The van der Waals surface area contributed by atoms with Gasteiger partial charge in [0.25, 0.3) is 0 Å². The molecule has 21 heavy (non-hydrogen) atoms. The number of alkyl halides is 3. The minimum absolute atomic E-state index is 0.239. The summed E-state index contributed by atoms with van der Waals surface area (Å²) in [5.41, 5.74) is 0. The molecule has 3 nitrogen and oxygen atoms in total. The average Bonchev–Trinajstić information content (AvgIpc) is 2.85. The maximum Gasteiger partial charge on any atom is 0.392 e. The van der Waals surface area contributed by atoms with Crippen molar-refractivity contribution in [3.05, 3.63) is 18.2 Å². The van der Waals surface area contributed by atoms with E-state index in [-0.39, 0.29) is 12.5 Å². The first-order valence-electron chi connectivity index (χ1n) is 7.72. The quantitative estimate of drug-likeness (QED) is 0.896. The highest BCUT2D eigenvalue weighted by Crippen LogP contribution is 2.46. The number of nitrogens with zero attached hydrogens (tertiary/aromatic N) is 2. The Morgan fingerprint density at radius 1 is 1.38 bits per heavy atom. The third-order valence-corrected chi connectivity index (χ3v) is 4.42. The normalized spacial score (nSPS) is 25.0. The van der Waals surface area contributed by atoms with Crippen LogP contribution in [0.1, 0.15) is 50.9 Å². The Kier molecular flexibility index (Phi) is 5.30. The standard InChI is InChI=1S/C15H24F3N3/c1-3-8-19-13(14-20-9-10-21(14)2)11-6-4-5-7-12(11)15(16,17)18/h9-13,19H,3-8H2,1-2H3. The van der Waals surface area contributed by atoms with Crippen LogP contribution in [0.5, 0.6) is 0 Å². The fourth-order valence-electron chi connectivity index (χ4n) is 3.38. The molecule has 120 valence electrons. The maximum absolute atomic E-state index is 13.4. The van der Waals surface area contributed by atoms with Gasteiger partial charge in [0.05, 0.1) is 12.0 Å². The SMILES string of the molecule is CCCNC(c1nccn1C)C1CCCCC1C(F)(F)F. The zero-order valence-corrected chi connectivity index (χ0v) is 12.7. The average molecular weight is 303 g/mol. The Morgan fingerprint density at radius 3 is 2.67 bits per heavy atom. The lowest BCUT2D eigenvalue weighted by atomic mass is 9.74. The lowest BCUT2D eigenvalue weighted by Crippen LogP contribution is -2.42. The Bertz CT molecular complexity index is 442. The van der Waals surface area contributed by atoms with Gasteiger partial charge in [-0.1, -0.05) is 19.8 Å².